The molecule has 1 amide bonds. The van der Waals surface area contributed by atoms with Crippen molar-refractivity contribution in [3.63, 3.8) is 0 Å². The summed E-state index contributed by atoms with van der Waals surface area (Å²) in [6, 6.07) is 10.4. The smallest absolute Gasteiger partial charge is 0.266 e. The van der Waals surface area contributed by atoms with Crippen molar-refractivity contribution in [3.05, 3.63) is 46.5 Å². The molecular weight excluding hydrogens is 438 g/mol. The zero-order chi connectivity index (χ0) is 22.2. The fourth-order valence-corrected chi connectivity index (χ4v) is 6.87. The predicted molar refractivity (Wildman–Crippen MR) is 134 cm³/mol. The number of nitrogens with two attached hydrogens (primary N) is 1. The number of carbonyl (C=O) groups excluding carboxylic acids is 1. The molecule has 2 bridgehead atoms. The molecule has 1 aliphatic heterocycles. The lowest BCUT2D eigenvalue weighted by Crippen LogP contribution is -2.41. The van der Waals surface area contributed by atoms with Gasteiger partial charge in [0.1, 0.15) is 10.1 Å². The fourth-order valence-electron chi connectivity index (χ4n) is 5.51. The van der Waals surface area contributed by atoms with Crippen molar-refractivity contribution >= 4 is 40.3 Å². The van der Waals surface area contributed by atoms with Crippen molar-refractivity contribution in [1.29, 1.82) is 0 Å². The number of thioether (sulfide) groups is 1. The van der Waals surface area contributed by atoms with E-state index < -0.39 is 0 Å². The summed E-state index contributed by atoms with van der Waals surface area (Å²) in [5, 5.41) is 0. The largest absolute Gasteiger partial charge is 0.497 e. The normalized spacial score (nSPS) is 26.0. The van der Waals surface area contributed by atoms with Gasteiger partial charge in [-0.25, -0.2) is 0 Å². The molecule has 3 atom stereocenters. The maximum atomic E-state index is 13.4. The van der Waals surface area contributed by atoms with Crippen LogP contribution in [0, 0.1) is 11.8 Å². The summed E-state index contributed by atoms with van der Waals surface area (Å²) in [7, 11) is 1.67. The molecule has 2 heterocycles. The van der Waals surface area contributed by atoms with Crippen LogP contribution in [0.3, 0.4) is 0 Å². The first-order valence-corrected chi connectivity index (χ1v) is 12.6. The van der Waals surface area contributed by atoms with E-state index >= 15 is 0 Å². The summed E-state index contributed by atoms with van der Waals surface area (Å²) in [6.45, 7) is 0.630. The third kappa shape index (κ3) is 4.02. The maximum Gasteiger partial charge on any atom is 0.266 e. The highest BCUT2D eigenvalue weighted by atomic mass is 32.2. The molecule has 0 radical (unpaired) electrons. The van der Waals surface area contributed by atoms with E-state index in [1.807, 2.05) is 29.2 Å². The Labute approximate surface area is 198 Å². The van der Waals surface area contributed by atoms with Gasteiger partial charge in [-0.05, 0) is 80.3 Å². The molecule has 3 fully saturated rings. The minimum Gasteiger partial charge on any atom is -0.497 e. The molecule has 2 aromatic rings. The van der Waals surface area contributed by atoms with Crippen molar-refractivity contribution in [3.8, 4) is 17.0 Å². The van der Waals surface area contributed by atoms with Crippen molar-refractivity contribution in [2.24, 2.45) is 17.6 Å². The van der Waals surface area contributed by atoms with Crippen LogP contribution in [0.1, 0.15) is 43.4 Å². The van der Waals surface area contributed by atoms with Crippen LogP contribution in [0.15, 0.2) is 35.2 Å². The van der Waals surface area contributed by atoms with Gasteiger partial charge in [0.15, 0.2) is 0 Å². The number of nitrogens with one attached hydrogen (secondary N) is 1. The number of aromatic nitrogens is 1. The summed E-state index contributed by atoms with van der Waals surface area (Å²) in [5.74, 6) is 2.27. The molecular formula is C25H29N3O2S2. The van der Waals surface area contributed by atoms with Gasteiger partial charge in [0.05, 0.1) is 12.0 Å². The minimum absolute atomic E-state index is 0.0693. The van der Waals surface area contributed by atoms with E-state index in [1.165, 1.54) is 36.6 Å². The van der Waals surface area contributed by atoms with Crippen LogP contribution in [0.2, 0.25) is 0 Å². The van der Waals surface area contributed by atoms with Crippen LogP contribution in [0.25, 0.3) is 17.3 Å². The number of carbonyl (C=O) groups is 1. The average molecular weight is 468 g/mol. The first-order chi connectivity index (χ1) is 15.6. The summed E-state index contributed by atoms with van der Waals surface area (Å²) in [6.07, 6.45) is 8.64. The second kappa shape index (κ2) is 9.04. The van der Waals surface area contributed by atoms with E-state index in [2.05, 4.69) is 17.1 Å². The Balaban J connectivity index is 1.45. The number of hydrogen-bond donors (Lipinski definition) is 2. The summed E-state index contributed by atoms with van der Waals surface area (Å²) < 4.78 is 6.09. The Kier molecular flexibility index (Phi) is 6.14. The Morgan fingerprint density at radius 3 is 2.91 bits per heavy atom. The number of fused-ring (bicyclic) bond motifs is 2. The van der Waals surface area contributed by atoms with Gasteiger partial charge < -0.3 is 15.5 Å². The molecule has 32 heavy (non-hydrogen) atoms. The van der Waals surface area contributed by atoms with Crippen LogP contribution in [0.4, 0.5) is 0 Å². The molecule has 3 aliphatic rings. The molecule has 5 nitrogen and oxygen atoms in total. The number of aromatic amines is 1. The van der Waals surface area contributed by atoms with Crippen LogP contribution < -0.4 is 10.5 Å². The van der Waals surface area contributed by atoms with E-state index in [0.717, 1.165) is 47.9 Å². The number of aryl methyl sites for hydroxylation is 1. The SMILES string of the molecule is COc1cccc(-c2cc(CCCN)c(/C=C3\SC(=S)N(C4CC5CCC4C5)C3=O)[nH]2)c1. The van der Waals surface area contributed by atoms with Gasteiger partial charge >= 0.3 is 0 Å². The van der Waals surface area contributed by atoms with Crippen molar-refractivity contribution in [2.75, 3.05) is 13.7 Å². The Morgan fingerprint density at radius 1 is 1.31 bits per heavy atom. The van der Waals surface area contributed by atoms with Gasteiger partial charge in [-0.3, -0.25) is 9.69 Å². The van der Waals surface area contributed by atoms with Gasteiger partial charge in [-0.2, -0.15) is 0 Å². The highest BCUT2D eigenvalue weighted by Crippen LogP contribution is 2.49. The summed E-state index contributed by atoms with van der Waals surface area (Å²) >= 11 is 7.10. The summed E-state index contributed by atoms with van der Waals surface area (Å²) in [4.78, 5) is 19.5. The molecule has 7 heteroatoms. The van der Waals surface area contributed by atoms with Crippen LogP contribution in [-0.4, -0.2) is 39.8 Å². The molecule has 5 rings (SSSR count). The Hall–Kier alpha value is -2.09. The quantitative estimate of drug-likeness (QED) is 0.444. The van der Waals surface area contributed by atoms with Crippen molar-refractivity contribution in [2.45, 2.75) is 44.6 Å². The lowest BCUT2D eigenvalue weighted by atomic mass is 9.94. The van der Waals surface area contributed by atoms with Gasteiger partial charge in [0, 0.05) is 23.0 Å². The number of rotatable bonds is 7. The molecule has 3 unspecified atom stereocenters. The van der Waals surface area contributed by atoms with Crippen LogP contribution in [-0.2, 0) is 11.2 Å². The Bertz CT molecular complexity index is 1080. The van der Waals surface area contributed by atoms with Gasteiger partial charge in [-0.1, -0.05) is 42.5 Å². The number of ether oxygens (including phenoxy) is 1. The first kappa shape index (κ1) is 21.7. The third-order valence-electron chi connectivity index (χ3n) is 7.10. The zero-order valence-corrected chi connectivity index (χ0v) is 19.9. The van der Waals surface area contributed by atoms with Crippen LogP contribution in [0.5, 0.6) is 5.75 Å². The van der Waals surface area contributed by atoms with E-state index in [0.29, 0.717) is 27.7 Å². The second-order valence-corrected chi connectivity index (χ2v) is 10.7. The van der Waals surface area contributed by atoms with Gasteiger partial charge in [-0.15, -0.1) is 0 Å². The van der Waals surface area contributed by atoms with E-state index in [9.17, 15) is 4.79 Å². The highest BCUT2D eigenvalue weighted by molar-refractivity contribution is 8.26. The standard InChI is InChI=1S/C25H29N3O2S2/c1-30-19-6-2-4-16(12-19)20-13-17(5-3-9-26)21(27-20)14-23-24(29)28(25(31)32-23)22-11-15-7-8-18(22)10-15/h2,4,6,12-15,18,22,27H,3,5,7-11,26H2,1H3/b23-14-. The first-order valence-electron chi connectivity index (χ1n) is 11.4. The van der Waals surface area contributed by atoms with E-state index in [1.54, 1.807) is 7.11 Å². The lowest BCUT2D eigenvalue weighted by molar-refractivity contribution is -0.124. The molecule has 2 aliphatic carbocycles. The van der Waals surface area contributed by atoms with Gasteiger partial charge in [0.2, 0.25) is 0 Å². The molecule has 2 saturated carbocycles. The minimum atomic E-state index is 0.0693. The average Bonchev–Trinajstić information content (AvgIpc) is 3.57. The summed E-state index contributed by atoms with van der Waals surface area (Å²) in [5.41, 5.74) is 9.96. The molecule has 1 aromatic heterocycles. The second-order valence-electron chi connectivity index (χ2n) is 9.04. The molecule has 168 valence electrons. The molecule has 1 aromatic carbocycles. The Morgan fingerprint density at radius 2 is 2.19 bits per heavy atom. The number of thiocarbonyl (C=S) groups is 1. The maximum absolute atomic E-state index is 13.4. The van der Waals surface area contributed by atoms with E-state index in [4.69, 9.17) is 22.7 Å². The van der Waals surface area contributed by atoms with Crippen LogP contribution >= 0.6 is 24.0 Å². The number of hydrogen-bond acceptors (Lipinski definition) is 5. The number of amides is 1. The fraction of sp³-hybridized carbons (Fsp3) is 0.440. The van der Waals surface area contributed by atoms with Gasteiger partial charge in [0.25, 0.3) is 5.91 Å². The monoisotopic (exact) mass is 467 g/mol. The van der Waals surface area contributed by atoms with Crippen molar-refractivity contribution in [1.82, 2.24) is 9.88 Å². The molecule has 3 N–H and O–H groups in total. The number of benzene rings is 1. The highest BCUT2D eigenvalue weighted by Gasteiger charge is 2.47. The predicted octanol–water partition coefficient (Wildman–Crippen LogP) is 4.97. The number of H-pyrrole nitrogens is 1. The van der Waals surface area contributed by atoms with Crippen molar-refractivity contribution < 1.29 is 9.53 Å². The molecule has 0 spiro atoms. The number of methoxy groups -OCH3 is 1. The lowest BCUT2D eigenvalue weighted by Gasteiger charge is -2.30. The third-order valence-corrected chi connectivity index (χ3v) is 8.43. The number of nitrogens with zero attached hydrogens (tertiary/aromatic N) is 1. The van der Waals surface area contributed by atoms with E-state index in [-0.39, 0.29) is 5.91 Å². The molecule has 1 saturated heterocycles. The topological polar surface area (TPSA) is 71.3 Å². The zero-order valence-electron chi connectivity index (χ0n) is 18.3.